The molecule has 108 valence electrons. The summed E-state index contributed by atoms with van der Waals surface area (Å²) in [5, 5.41) is 3.01. The summed E-state index contributed by atoms with van der Waals surface area (Å²) in [4.78, 5) is 3.83. The zero-order chi connectivity index (χ0) is 13.4. The number of benzene rings is 1. The number of nitrogens with zero attached hydrogens (tertiary/aromatic N) is 1. The summed E-state index contributed by atoms with van der Waals surface area (Å²) in [7, 11) is 3.28. The zero-order valence-electron chi connectivity index (χ0n) is 11.6. The molecule has 0 saturated heterocycles. The third-order valence-corrected chi connectivity index (χ3v) is 2.46. The van der Waals surface area contributed by atoms with Crippen molar-refractivity contribution in [2.75, 3.05) is 27.3 Å². The lowest BCUT2D eigenvalue weighted by molar-refractivity contribution is 0.248. The van der Waals surface area contributed by atoms with Crippen LogP contribution in [0.15, 0.2) is 29.3 Å². The second kappa shape index (κ2) is 9.71. The molecule has 1 atom stereocenters. The molecule has 0 aliphatic carbocycles. The highest BCUT2D eigenvalue weighted by atomic mass is 127. The third kappa shape index (κ3) is 6.51. The predicted octanol–water partition coefficient (Wildman–Crippen LogP) is 1.86. The molecule has 1 rings (SSSR count). The van der Waals surface area contributed by atoms with Gasteiger partial charge in [0.15, 0.2) is 17.5 Å². The molecule has 0 bridgehead atoms. The average Bonchev–Trinajstić information content (AvgIpc) is 2.42. The van der Waals surface area contributed by atoms with E-state index in [0.29, 0.717) is 18.5 Å². The first-order valence-corrected chi connectivity index (χ1v) is 5.89. The Morgan fingerprint density at radius 2 is 2.00 bits per heavy atom. The molecule has 1 unspecified atom stereocenters. The average molecular weight is 379 g/mol. The van der Waals surface area contributed by atoms with Gasteiger partial charge in [0.1, 0.15) is 0 Å². The van der Waals surface area contributed by atoms with Crippen LogP contribution in [0.4, 0.5) is 0 Å². The summed E-state index contributed by atoms with van der Waals surface area (Å²) in [6.45, 7) is 3.38. The second-order valence-corrected chi connectivity index (χ2v) is 4.06. The number of hydrogen-bond acceptors (Lipinski definition) is 3. The summed E-state index contributed by atoms with van der Waals surface area (Å²) >= 11 is 0. The number of guanidine groups is 1. The van der Waals surface area contributed by atoms with Crippen molar-refractivity contribution in [3.63, 3.8) is 0 Å². The molecular weight excluding hydrogens is 357 g/mol. The normalized spacial score (nSPS) is 12.3. The molecular formula is C13H22IN3O2. The highest BCUT2D eigenvalue weighted by Crippen LogP contribution is 2.25. The van der Waals surface area contributed by atoms with Gasteiger partial charge < -0.3 is 20.5 Å². The van der Waals surface area contributed by atoms with Crippen molar-refractivity contribution in [3.8, 4) is 11.5 Å². The van der Waals surface area contributed by atoms with E-state index in [1.807, 2.05) is 24.3 Å². The quantitative estimate of drug-likeness (QED) is 0.450. The zero-order valence-corrected chi connectivity index (χ0v) is 13.9. The van der Waals surface area contributed by atoms with Crippen LogP contribution in [0.1, 0.15) is 6.92 Å². The van der Waals surface area contributed by atoms with Crippen LogP contribution in [0, 0.1) is 5.92 Å². The van der Waals surface area contributed by atoms with E-state index in [-0.39, 0.29) is 24.0 Å². The molecule has 1 aromatic rings. The van der Waals surface area contributed by atoms with E-state index < -0.39 is 0 Å². The molecule has 1 aromatic carbocycles. The maximum Gasteiger partial charge on any atom is 0.188 e. The molecule has 0 spiro atoms. The van der Waals surface area contributed by atoms with E-state index in [0.717, 1.165) is 18.0 Å². The van der Waals surface area contributed by atoms with E-state index in [1.54, 1.807) is 14.2 Å². The lowest BCUT2D eigenvalue weighted by Gasteiger charge is -2.15. The number of rotatable bonds is 6. The molecule has 0 amide bonds. The topological polar surface area (TPSA) is 68.9 Å². The molecule has 0 aliphatic heterocycles. The number of nitrogens with one attached hydrogen (secondary N) is 1. The molecule has 3 N–H and O–H groups in total. The summed E-state index contributed by atoms with van der Waals surface area (Å²) in [6.07, 6.45) is 0. The summed E-state index contributed by atoms with van der Waals surface area (Å²) in [5.41, 5.74) is 5.55. The molecule has 5 nitrogen and oxygen atoms in total. The van der Waals surface area contributed by atoms with Gasteiger partial charge in [-0.05, 0) is 12.1 Å². The van der Waals surface area contributed by atoms with Gasteiger partial charge in [-0.2, -0.15) is 0 Å². The van der Waals surface area contributed by atoms with E-state index in [2.05, 4.69) is 17.2 Å². The summed E-state index contributed by atoms with van der Waals surface area (Å²) in [5.74, 6) is 2.26. The van der Waals surface area contributed by atoms with E-state index in [4.69, 9.17) is 15.2 Å². The first-order chi connectivity index (χ1) is 8.67. The van der Waals surface area contributed by atoms with Gasteiger partial charge in [-0.25, -0.2) is 0 Å². The van der Waals surface area contributed by atoms with Gasteiger partial charge in [-0.1, -0.05) is 19.1 Å². The standard InChI is InChI=1S/C13H21N3O2.HI/c1-10(8-16-13(14)15-2)9-18-12-7-5-4-6-11(12)17-3;/h4-7,10H,8-9H2,1-3H3,(H3,14,15,16);1H. The van der Waals surface area contributed by atoms with Crippen LogP contribution in [0.5, 0.6) is 11.5 Å². The van der Waals surface area contributed by atoms with Crippen LogP contribution in [-0.2, 0) is 0 Å². The Hall–Kier alpha value is -1.18. The highest BCUT2D eigenvalue weighted by molar-refractivity contribution is 14.0. The van der Waals surface area contributed by atoms with E-state index in [1.165, 1.54) is 0 Å². The van der Waals surface area contributed by atoms with Gasteiger partial charge in [0.05, 0.1) is 13.7 Å². The molecule has 0 aromatic heterocycles. The maximum absolute atomic E-state index is 5.71. The largest absolute Gasteiger partial charge is 0.493 e. The van der Waals surface area contributed by atoms with Gasteiger partial charge in [-0.15, -0.1) is 24.0 Å². The lowest BCUT2D eigenvalue weighted by Crippen LogP contribution is -2.36. The molecule has 0 saturated carbocycles. The van der Waals surface area contributed by atoms with Crippen LogP contribution in [0.2, 0.25) is 0 Å². The minimum Gasteiger partial charge on any atom is -0.493 e. The number of hydrogen-bond donors (Lipinski definition) is 2. The minimum absolute atomic E-state index is 0. The Morgan fingerprint density at radius 3 is 2.58 bits per heavy atom. The van der Waals surface area contributed by atoms with Gasteiger partial charge in [0.2, 0.25) is 0 Å². The molecule has 0 fully saturated rings. The molecule has 6 heteroatoms. The fourth-order valence-corrected chi connectivity index (χ4v) is 1.39. The molecule has 0 aliphatic rings. The van der Waals surface area contributed by atoms with Gasteiger partial charge in [0, 0.05) is 19.5 Å². The first-order valence-electron chi connectivity index (χ1n) is 5.89. The van der Waals surface area contributed by atoms with Crippen LogP contribution in [0.25, 0.3) is 0 Å². The second-order valence-electron chi connectivity index (χ2n) is 4.06. The SMILES string of the molecule is CN=C(N)NCC(C)COc1ccccc1OC.I. The van der Waals surface area contributed by atoms with E-state index in [9.17, 15) is 0 Å². The number of methoxy groups -OCH3 is 1. The Balaban J connectivity index is 0.00000324. The Kier molecular flexibility index (Phi) is 9.11. The van der Waals surface area contributed by atoms with Crippen LogP contribution in [-0.4, -0.2) is 33.3 Å². The van der Waals surface area contributed by atoms with Gasteiger partial charge >= 0.3 is 0 Å². The lowest BCUT2D eigenvalue weighted by atomic mass is 10.2. The monoisotopic (exact) mass is 379 g/mol. The maximum atomic E-state index is 5.71. The number of para-hydroxylation sites is 2. The molecule has 19 heavy (non-hydrogen) atoms. The summed E-state index contributed by atoms with van der Waals surface area (Å²) < 4.78 is 10.9. The smallest absolute Gasteiger partial charge is 0.188 e. The fourth-order valence-electron chi connectivity index (χ4n) is 1.39. The Labute approximate surface area is 131 Å². The third-order valence-electron chi connectivity index (χ3n) is 2.46. The van der Waals surface area contributed by atoms with Crippen molar-refractivity contribution in [3.05, 3.63) is 24.3 Å². The van der Waals surface area contributed by atoms with Crippen molar-refractivity contribution >= 4 is 29.9 Å². The number of ether oxygens (including phenoxy) is 2. The van der Waals surface area contributed by atoms with Crippen LogP contribution < -0.4 is 20.5 Å². The molecule has 0 radical (unpaired) electrons. The van der Waals surface area contributed by atoms with Crippen molar-refractivity contribution in [2.45, 2.75) is 6.92 Å². The van der Waals surface area contributed by atoms with Gasteiger partial charge in [-0.3, -0.25) is 4.99 Å². The van der Waals surface area contributed by atoms with Crippen molar-refractivity contribution in [1.82, 2.24) is 5.32 Å². The van der Waals surface area contributed by atoms with Crippen LogP contribution >= 0.6 is 24.0 Å². The first kappa shape index (κ1) is 17.8. The predicted molar refractivity (Wildman–Crippen MR) is 88.6 cm³/mol. The van der Waals surface area contributed by atoms with Gasteiger partial charge in [0.25, 0.3) is 0 Å². The van der Waals surface area contributed by atoms with E-state index >= 15 is 0 Å². The highest BCUT2D eigenvalue weighted by Gasteiger charge is 2.06. The number of halogens is 1. The van der Waals surface area contributed by atoms with Crippen molar-refractivity contribution in [2.24, 2.45) is 16.6 Å². The Morgan fingerprint density at radius 1 is 1.37 bits per heavy atom. The summed E-state index contributed by atoms with van der Waals surface area (Å²) in [6, 6.07) is 7.60. The number of nitrogens with two attached hydrogens (primary N) is 1. The fraction of sp³-hybridized carbons (Fsp3) is 0.462. The van der Waals surface area contributed by atoms with Crippen molar-refractivity contribution < 1.29 is 9.47 Å². The Bertz CT molecular complexity index is 399. The van der Waals surface area contributed by atoms with Crippen LogP contribution in [0.3, 0.4) is 0 Å². The number of aliphatic imine (C=N–C) groups is 1. The minimum atomic E-state index is 0. The molecule has 0 heterocycles. The van der Waals surface area contributed by atoms with Crippen molar-refractivity contribution in [1.29, 1.82) is 0 Å².